The second-order valence-corrected chi connectivity index (χ2v) is 5.96. The maximum absolute atomic E-state index is 14.0. The van der Waals surface area contributed by atoms with Crippen molar-refractivity contribution in [3.8, 4) is 11.5 Å². The second kappa shape index (κ2) is 7.98. The van der Waals surface area contributed by atoms with Crippen LogP contribution in [0.4, 0.5) is 4.39 Å². The van der Waals surface area contributed by atoms with Crippen molar-refractivity contribution >= 4 is 5.91 Å². The molecule has 1 fully saturated rings. The molecule has 1 aliphatic rings. The Labute approximate surface area is 145 Å². The number of benzene rings is 2. The minimum Gasteiger partial charge on any atom is -0.489 e. The van der Waals surface area contributed by atoms with E-state index in [0.717, 1.165) is 5.56 Å². The average molecular weight is 344 g/mol. The van der Waals surface area contributed by atoms with E-state index < -0.39 is 18.2 Å². The van der Waals surface area contributed by atoms with Crippen molar-refractivity contribution in [1.29, 1.82) is 0 Å². The van der Waals surface area contributed by atoms with Gasteiger partial charge in [0.15, 0.2) is 0 Å². The lowest BCUT2D eigenvalue weighted by Crippen LogP contribution is -2.44. The van der Waals surface area contributed by atoms with E-state index in [2.05, 4.69) is 5.32 Å². The van der Waals surface area contributed by atoms with Gasteiger partial charge >= 0.3 is 0 Å². The SMILES string of the molecule is NC(=O)c1ccc(OCc2ccccc2)cc1O[C@H]1CCNC[C@H]1F. The van der Waals surface area contributed by atoms with Crippen LogP contribution in [0.3, 0.4) is 0 Å². The maximum Gasteiger partial charge on any atom is 0.252 e. The van der Waals surface area contributed by atoms with Crippen molar-refractivity contribution in [2.45, 2.75) is 25.3 Å². The summed E-state index contributed by atoms with van der Waals surface area (Å²) in [6.45, 7) is 1.29. The highest BCUT2D eigenvalue weighted by molar-refractivity contribution is 5.95. The van der Waals surface area contributed by atoms with Crippen LogP contribution in [-0.2, 0) is 6.61 Å². The molecule has 2 atom stereocenters. The molecule has 132 valence electrons. The average Bonchev–Trinajstić information content (AvgIpc) is 2.63. The van der Waals surface area contributed by atoms with Gasteiger partial charge in [-0.15, -0.1) is 0 Å². The molecule has 25 heavy (non-hydrogen) atoms. The number of primary amides is 1. The van der Waals surface area contributed by atoms with Gasteiger partial charge in [-0.05, 0) is 30.7 Å². The van der Waals surface area contributed by atoms with Crippen molar-refractivity contribution in [3.05, 3.63) is 59.7 Å². The van der Waals surface area contributed by atoms with Gasteiger partial charge < -0.3 is 20.5 Å². The summed E-state index contributed by atoms with van der Waals surface area (Å²) in [4.78, 5) is 11.6. The minimum absolute atomic E-state index is 0.220. The quantitative estimate of drug-likeness (QED) is 0.844. The van der Waals surface area contributed by atoms with Gasteiger partial charge in [0.2, 0.25) is 0 Å². The van der Waals surface area contributed by atoms with Crippen LogP contribution in [0.15, 0.2) is 48.5 Å². The number of carbonyl (C=O) groups excluding carboxylic acids is 1. The van der Waals surface area contributed by atoms with E-state index in [0.29, 0.717) is 25.3 Å². The number of piperidine rings is 1. The summed E-state index contributed by atoms with van der Waals surface area (Å²) < 4.78 is 25.5. The van der Waals surface area contributed by atoms with Crippen LogP contribution in [0, 0.1) is 0 Å². The standard InChI is InChI=1S/C19H21FN2O3/c20-16-11-22-9-8-17(16)25-18-10-14(6-7-15(18)19(21)23)24-12-13-4-2-1-3-5-13/h1-7,10,16-17,22H,8-9,11-12H2,(H2,21,23)/t16-,17+/m1/s1. The van der Waals surface area contributed by atoms with Gasteiger partial charge in [-0.1, -0.05) is 30.3 Å². The van der Waals surface area contributed by atoms with Crippen molar-refractivity contribution in [2.75, 3.05) is 13.1 Å². The van der Waals surface area contributed by atoms with Gasteiger partial charge in [-0.25, -0.2) is 4.39 Å². The number of halogens is 1. The van der Waals surface area contributed by atoms with Gasteiger partial charge in [0, 0.05) is 12.6 Å². The number of nitrogens with one attached hydrogen (secondary N) is 1. The minimum atomic E-state index is -1.14. The number of nitrogens with two attached hydrogens (primary N) is 1. The molecule has 0 bridgehead atoms. The van der Waals surface area contributed by atoms with Crippen LogP contribution in [0.25, 0.3) is 0 Å². The number of ether oxygens (including phenoxy) is 2. The molecular weight excluding hydrogens is 323 g/mol. The van der Waals surface area contributed by atoms with E-state index in [1.54, 1.807) is 18.2 Å². The number of hydrogen-bond acceptors (Lipinski definition) is 4. The van der Waals surface area contributed by atoms with E-state index >= 15 is 0 Å². The molecule has 5 nitrogen and oxygen atoms in total. The highest BCUT2D eigenvalue weighted by Gasteiger charge is 2.27. The fourth-order valence-electron chi connectivity index (χ4n) is 2.73. The summed E-state index contributed by atoms with van der Waals surface area (Å²) in [5.74, 6) is 0.176. The number of hydrogen-bond donors (Lipinski definition) is 2. The summed E-state index contributed by atoms with van der Waals surface area (Å²) in [6.07, 6.45) is -1.22. The summed E-state index contributed by atoms with van der Waals surface area (Å²) in [6, 6.07) is 14.5. The number of amides is 1. The Morgan fingerprint density at radius 2 is 2.04 bits per heavy atom. The molecule has 0 aliphatic carbocycles. The van der Waals surface area contributed by atoms with E-state index in [-0.39, 0.29) is 17.9 Å². The van der Waals surface area contributed by atoms with Crippen LogP contribution in [-0.4, -0.2) is 31.3 Å². The van der Waals surface area contributed by atoms with Gasteiger partial charge in [-0.2, -0.15) is 0 Å². The molecule has 0 radical (unpaired) electrons. The predicted molar refractivity (Wildman–Crippen MR) is 92.5 cm³/mol. The molecule has 1 saturated heterocycles. The topological polar surface area (TPSA) is 73.6 Å². The van der Waals surface area contributed by atoms with Gasteiger partial charge in [-0.3, -0.25) is 4.79 Å². The third-order valence-corrected chi connectivity index (χ3v) is 4.09. The molecule has 1 heterocycles. The normalized spacial score (nSPS) is 20.0. The number of carbonyl (C=O) groups is 1. The molecule has 2 aromatic carbocycles. The molecule has 3 rings (SSSR count). The van der Waals surface area contributed by atoms with Crippen LogP contribution < -0.4 is 20.5 Å². The zero-order chi connectivity index (χ0) is 17.6. The zero-order valence-corrected chi connectivity index (χ0v) is 13.8. The highest BCUT2D eigenvalue weighted by atomic mass is 19.1. The fourth-order valence-corrected chi connectivity index (χ4v) is 2.73. The maximum atomic E-state index is 14.0. The third kappa shape index (κ3) is 4.48. The Hall–Kier alpha value is -2.60. The molecule has 0 spiro atoms. The second-order valence-electron chi connectivity index (χ2n) is 5.96. The monoisotopic (exact) mass is 344 g/mol. The number of rotatable bonds is 6. The Morgan fingerprint density at radius 1 is 1.24 bits per heavy atom. The van der Waals surface area contributed by atoms with E-state index in [4.69, 9.17) is 15.2 Å². The molecule has 0 unspecified atom stereocenters. The Balaban J connectivity index is 1.75. The van der Waals surface area contributed by atoms with Crippen LogP contribution in [0.1, 0.15) is 22.3 Å². The van der Waals surface area contributed by atoms with Crippen LogP contribution >= 0.6 is 0 Å². The first-order valence-corrected chi connectivity index (χ1v) is 8.25. The van der Waals surface area contributed by atoms with Crippen LogP contribution in [0.5, 0.6) is 11.5 Å². The lowest BCUT2D eigenvalue weighted by molar-refractivity contribution is 0.0711. The van der Waals surface area contributed by atoms with Gasteiger partial charge in [0.25, 0.3) is 5.91 Å². The van der Waals surface area contributed by atoms with Gasteiger partial charge in [0.1, 0.15) is 30.4 Å². The van der Waals surface area contributed by atoms with E-state index in [9.17, 15) is 9.18 Å². The summed E-state index contributed by atoms with van der Waals surface area (Å²) in [5, 5.41) is 2.97. The van der Waals surface area contributed by atoms with Crippen molar-refractivity contribution in [1.82, 2.24) is 5.32 Å². The molecule has 2 aromatic rings. The first kappa shape index (κ1) is 17.2. The third-order valence-electron chi connectivity index (χ3n) is 4.09. The summed E-state index contributed by atoms with van der Waals surface area (Å²) >= 11 is 0. The lowest BCUT2D eigenvalue weighted by Gasteiger charge is -2.28. The Kier molecular flexibility index (Phi) is 5.50. The van der Waals surface area contributed by atoms with Crippen LogP contribution in [0.2, 0.25) is 0 Å². The molecule has 0 aromatic heterocycles. The largest absolute Gasteiger partial charge is 0.489 e. The first-order chi connectivity index (χ1) is 12.1. The summed E-state index contributed by atoms with van der Waals surface area (Å²) in [7, 11) is 0. The smallest absolute Gasteiger partial charge is 0.252 e. The molecule has 0 saturated carbocycles. The van der Waals surface area contributed by atoms with E-state index in [1.165, 1.54) is 0 Å². The van der Waals surface area contributed by atoms with Crippen molar-refractivity contribution < 1.29 is 18.7 Å². The molecule has 1 amide bonds. The lowest BCUT2D eigenvalue weighted by atomic mass is 10.1. The van der Waals surface area contributed by atoms with Gasteiger partial charge in [0.05, 0.1) is 5.56 Å². The highest BCUT2D eigenvalue weighted by Crippen LogP contribution is 2.28. The Bertz CT molecular complexity index is 724. The van der Waals surface area contributed by atoms with Crippen molar-refractivity contribution in [2.24, 2.45) is 5.73 Å². The number of alkyl halides is 1. The molecule has 6 heteroatoms. The Morgan fingerprint density at radius 3 is 2.76 bits per heavy atom. The predicted octanol–water partition coefficient (Wildman–Crippen LogP) is 2.44. The zero-order valence-electron chi connectivity index (χ0n) is 13.8. The van der Waals surface area contributed by atoms with E-state index in [1.807, 2.05) is 30.3 Å². The molecular formula is C19H21FN2O3. The molecule has 1 aliphatic heterocycles. The first-order valence-electron chi connectivity index (χ1n) is 8.25. The summed E-state index contributed by atoms with van der Waals surface area (Å²) in [5.41, 5.74) is 6.64. The molecule has 3 N–H and O–H groups in total. The fraction of sp³-hybridized carbons (Fsp3) is 0.316. The van der Waals surface area contributed by atoms with Crippen molar-refractivity contribution in [3.63, 3.8) is 0 Å².